The fourth-order valence-corrected chi connectivity index (χ4v) is 2.96. The van der Waals surface area contributed by atoms with E-state index in [9.17, 15) is 4.79 Å². The number of hydrogen-bond acceptors (Lipinski definition) is 4. The van der Waals surface area contributed by atoms with E-state index < -0.39 is 5.97 Å². The van der Waals surface area contributed by atoms with Gasteiger partial charge in [0.05, 0.1) is 10.6 Å². The normalized spacial score (nSPS) is 17.4. The number of nitrogen functional groups attached to an aromatic ring is 1. The fraction of sp³-hybridized carbons (Fsp3) is 0.562. The molecule has 0 amide bonds. The third kappa shape index (κ3) is 4.90. The van der Waals surface area contributed by atoms with E-state index in [0.717, 1.165) is 0 Å². The molecule has 0 aliphatic heterocycles. The molecule has 0 radical (unpaired) electrons. The molecule has 1 aromatic rings. The zero-order valence-electron chi connectivity index (χ0n) is 12.4. The molecule has 0 bridgehead atoms. The molecule has 116 valence electrons. The van der Waals surface area contributed by atoms with E-state index in [1.807, 2.05) is 6.92 Å². The van der Waals surface area contributed by atoms with Crippen LogP contribution in [0.3, 0.4) is 0 Å². The first-order chi connectivity index (χ1) is 10.1. The van der Waals surface area contributed by atoms with Crippen LogP contribution in [0.15, 0.2) is 18.2 Å². The van der Waals surface area contributed by atoms with Gasteiger partial charge in [-0.2, -0.15) is 0 Å². The van der Waals surface area contributed by atoms with Gasteiger partial charge in [-0.1, -0.05) is 30.9 Å². The number of rotatable bonds is 5. The van der Waals surface area contributed by atoms with Crippen LogP contribution < -0.4 is 11.1 Å². The van der Waals surface area contributed by atoms with Crippen LogP contribution in [0.1, 0.15) is 49.4 Å². The minimum absolute atomic E-state index is 0.143. The summed E-state index contributed by atoms with van der Waals surface area (Å²) < 4.78 is 5.33. The van der Waals surface area contributed by atoms with E-state index in [2.05, 4.69) is 5.32 Å². The number of carbonyl (C=O) groups excluding carboxylic acids is 1. The quantitative estimate of drug-likeness (QED) is 0.646. The van der Waals surface area contributed by atoms with Gasteiger partial charge < -0.3 is 15.8 Å². The van der Waals surface area contributed by atoms with Gasteiger partial charge in [-0.3, -0.25) is 0 Å². The average Bonchev–Trinajstić information content (AvgIpc) is 2.46. The predicted molar refractivity (Wildman–Crippen MR) is 85.6 cm³/mol. The minimum atomic E-state index is -0.405. The lowest BCUT2D eigenvalue weighted by atomic mass is 9.95. The number of nitrogens with one attached hydrogen (secondary N) is 1. The molecule has 1 atom stereocenters. The van der Waals surface area contributed by atoms with Gasteiger partial charge in [0, 0.05) is 17.8 Å². The standard InChI is InChI=1S/C16H23ClN2O2/c1-11(19-13-5-3-2-4-6-13)10-21-16(20)14-8-7-12(18)9-15(14)17/h7-9,11,13,19H,2-6,10,18H2,1H3. The molecule has 1 aliphatic carbocycles. The van der Waals surface area contributed by atoms with Gasteiger partial charge in [-0.15, -0.1) is 0 Å². The van der Waals surface area contributed by atoms with E-state index in [1.54, 1.807) is 18.2 Å². The summed E-state index contributed by atoms with van der Waals surface area (Å²) in [7, 11) is 0. The molecule has 0 saturated heterocycles. The molecule has 5 heteroatoms. The molecular formula is C16H23ClN2O2. The van der Waals surface area contributed by atoms with Crippen molar-refractivity contribution >= 4 is 23.3 Å². The predicted octanol–water partition coefficient (Wildman–Crippen LogP) is 3.39. The molecule has 3 N–H and O–H groups in total. The minimum Gasteiger partial charge on any atom is -0.460 e. The molecule has 1 unspecified atom stereocenters. The Balaban J connectivity index is 1.80. The summed E-state index contributed by atoms with van der Waals surface area (Å²) in [6, 6.07) is 5.49. The molecule has 4 nitrogen and oxygen atoms in total. The van der Waals surface area contributed by atoms with E-state index >= 15 is 0 Å². The van der Waals surface area contributed by atoms with Crippen molar-refractivity contribution in [3.63, 3.8) is 0 Å². The lowest BCUT2D eigenvalue weighted by Gasteiger charge is -2.26. The number of benzene rings is 1. The Hall–Kier alpha value is -1.26. The van der Waals surface area contributed by atoms with Gasteiger partial charge in [0.15, 0.2) is 0 Å². The Morgan fingerprint density at radius 3 is 2.81 bits per heavy atom. The van der Waals surface area contributed by atoms with Crippen LogP contribution in [0.4, 0.5) is 5.69 Å². The Kier molecular flexibility index (Phi) is 5.88. The second kappa shape index (κ2) is 7.66. The van der Waals surface area contributed by atoms with Crippen molar-refractivity contribution in [2.24, 2.45) is 0 Å². The molecule has 1 aliphatic rings. The maximum absolute atomic E-state index is 12.0. The molecule has 0 spiro atoms. The Morgan fingerprint density at radius 2 is 2.14 bits per heavy atom. The first-order valence-corrected chi connectivity index (χ1v) is 7.92. The number of carbonyl (C=O) groups is 1. The SMILES string of the molecule is CC(COC(=O)c1ccc(N)cc1Cl)NC1CCCCC1. The number of esters is 1. The first kappa shape index (κ1) is 16.1. The highest BCUT2D eigenvalue weighted by molar-refractivity contribution is 6.33. The summed E-state index contributed by atoms with van der Waals surface area (Å²) in [6.07, 6.45) is 6.32. The Morgan fingerprint density at radius 1 is 1.43 bits per heavy atom. The van der Waals surface area contributed by atoms with Crippen LogP contribution >= 0.6 is 11.6 Å². The van der Waals surface area contributed by atoms with Crippen molar-refractivity contribution in [3.8, 4) is 0 Å². The highest BCUT2D eigenvalue weighted by Crippen LogP contribution is 2.20. The van der Waals surface area contributed by atoms with Gasteiger partial charge in [0.25, 0.3) is 0 Å². The summed E-state index contributed by atoms with van der Waals surface area (Å²) in [6.45, 7) is 2.38. The van der Waals surface area contributed by atoms with E-state index in [1.165, 1.54) is 32.1 Å². The molecule has 1 fully saturated rings. The molecule has 0 aromatic heterocycles. The summed E-state index contributed by atoms with van der Waals surface area (Å²) in [4.78, 5) is 12.0. The van der Waals surface area contributed by atoms with Gasteiger partial charge in [-0.05, 0) is 38.0 Å². The summed E-state index contributed by atoms with van der Waals surface area (Å²) in [5, 5.41) is 3.85. The highest BCUT2D eigenvalue weighted by atomic mass is 35.5. The zero-order chi connectivity index (χ0) is 15.2. The Labute approximate surface area is 131 Å². The first-order valence-electron chi connectivity index (χ1n) is 7.54. The third-order valence-electron chi connectivity index (χ3n) is 3.80. The topological polar surface area (TPSA) is 64.3 Å². The molecule has 21 heavy (non-hydrogen) atoms. The maximum Gasteiger partial charge on any atom is 0.339 e. The second-order valence-corrected chi connectivity index (χ2v) is 6.15. The van der Waals surface area contributed by atoms with E-state index in [-0.39, 0.29) is 6.04 Å². The van der Waals surface area contributed by atoms with Gasteiger partial charge in [-0.25, -0.2) is 4.79 Å². The molecular weight excluding hydrogens is 288 g/mol. The summed E-state index contributed by atoms with van der Waals surface area (Å²) in [5.41, 5.74) is 6.50. The third-order valence-corrected chi connectivity index (χ3v) is 4.12. The number of ether oxygens (including phenoxy) is 1. The molecule has 1 saturated carbocycles. The molecule has 0 heterocycles. The summed E-state index contributed by atoms with van der Waals surface area (Å²) in [5.74, 6) is -0.405. The van der Waals surface area contributed by atoms with Gasteiger partial charge in [0.1, 0.15) is 6.61 Å². The number of nitrogens with two attached hydrogens (primary N) is 1. The average molecular weight is 311 g/mol. The van der Waals surface area contributed by atoms with Crippen LogP contribution in [-0.4, -0.2) is 24.7 Å². The Bertz CT molecular complexity index is 487. The van der Waals surface area contributed by atoms with E-state index in [4.69, 9.17) is 22.1 Å². The van der Waals surface area contributed by atoms with Crippen LogP contribution in [0.5, 0.6) is 0 Å². The summed E-state index contributed by atoms with van der Waals surface area (Å²) >= 11 is 6.00. The van der Waals surface area contributed by atoms with Crippen molar-refractivity contribution in [2.75, 3.05) is 12.3 Å². The van der Waals surface area contributed by atoms with Crippen molar-refractivity contribution in [1.29, 1.82) is 0 Å². The van der Waals surface area contributed by atoms with Crippen molar-refractivity contribution in [2.45, 2.75) is 51.1 Å². The highest BCUT2D eigenvalue weighted by Gasteiger charge is 2.17. The van der Waals surface area contributed by atoms with Crippen LogP contribution in [0.2, 0.25) is 5.02 Å². The van der Waals surface area contributed by atoms with Crippen molar-refractivity contribution in [1.82, 2.24) is 5.32 Å². The van der Waals surface area contributed by atoms with Crippen LogP contribution in [0.25, 0.3) is 0 Å². The number of halogens is 1. The fourth-order valence-electron chi connectivity index (χ4n) is 2.70. The lowest BCUT2D eigenvalue weighted by molar-refractivity contribution is 0.0464. The monoisotopic (exact) mass is 310 g/mol. The number of hydrogen-bond donors (Lipinski definition) is 2. The molecule has 1 aromatic carbocycles. The smallest absolute Gasteiger partial charge is 0.339 e. The molecule has 2 rings (SSSR count). The van der Waals surface area contributed by atoms with Gasteiger partial charge in [0.2, 0.25) is 0 Å². The maximum atomic E-state index is 12.0. The van der Waals surface area contributed by atoms with Crippen molar-refractivity contribution < 1.29 is 9.53 Å². The largest absolute Gasteiger partial charge is 0.460 e. The second-order valence-electron chi connectivity index (χ2n) is 5.74. The number of anilines is 1. The van der Waals surface area contributed by atoms with Crippen LogP contribution in [-0.2, 0) is 4.74 Å². The van der Waals surface area contributed by atoms with Gasteiger partial charge >= 0.3 is 5.97 Å². The van der Waals surface area contributed by atoms with E-state index in [0.29, 0.717) is 28.9 Å². The lowest BCUT2D eigenvalue weighted by Crippen LogP contribution is -2.40. The van der Waals surface area contributed by atoms with Crippen molar-refractivity contribution in [3.05, 3.63) is 28.8 Å². The zero-order valence-corrected chi connectivity index (χ0v) is 13.2. The van der Waals surface area contributed by atoms with Crippen LogP contribution in [0, 0.1) is 0 Å².